The number of nitrogens with two attached hydrogens (primary N) is 1. The molecule has 0 aliphatic carbocycles. The van der Waals surface area contributed by atoms with Crippen LogP contribution in [0, 0.1) is 13.8 Å². The number of nitrogens with zero attached hydrogens (tertiary/aromatic N) is 1. The van der Waals surface area contributed by atoms with Crippen LogP contribution in [-0.2, 0) is 6.42 Å². The Morgan fingerprint density at radius 1 is 1.35 bits per heavy atom. The summed E-state index contributed by atoms with van der Waals surface area (Å²) in [5.74, 6) is 6.36. The summed E-state index contributed by atoms with van der Waals surface area (Å²) in [7, 11) is 0. The third-order valence-electron chi connectivity index (χ3n) is 2.99. The molecule has 1 aromatic heterocycles. The summed E-state index contributed by atoms with van der Waals surface area (Å²) < 4.78 is 5.70. The second-order valence-electron chi connectivity index (χ2n) is 4.58. The van der Waals surface area contributed by atoms with Crippen molar-refractivity contribution in [3.8, 4) is 5.75 Å². The van der Waals surface area contributed by atoms with Crippen molar-refractivity contribution in [1.29, 1.82) is 0 Å². The molecule has 0 spiro atoms. The molecule has 0 aliphatic heterocycles. The normalized spacial score (nSPS) is 12.4. The summed E-state index contributed by atoms with van der Waals surface area (Å²) >= 11 is 7.53. The Labute approximate surface area is 127 Å². The van der Waals surface area contributed by atoms with E-state index in [0.717, 1.165) is 22.9 Å². The summed E-state index contributed by atoms with van der Waals surface area (Å²) in [5, 5.41) is 1.77. The van der Waals surface area contributed by atoms with Crippen LogP contribution in [0.3, 0.4) is 0 Å². The molecule has 108 valence electrons. The van der Waals surface area contributed by atoms with Crippen LogP contribution in [0.5, 0.6) is 5.75 Å². The first-order chi connectivity index (χ1) is 9.58. The molecule has 20 heavy (non-hydrogen) atoms. The van der Waals surface area contributed by atoms with Gasteiger partial charge in [-0.1, -0.05) is 11.6 Å². The molecule has 0 saturated heterocycles. The van der Waals surface area contributed by atoms with Crippen LogP contribution < -0.4 is 16.0 Å². The topological polar surface area (TPSA) is 60.2 Å². The Morgan fingerprint density at radius 2 is 2.05 bits per heavy atom. The maximum absolute atomic E-state index is 5.83. The molecular formula is C14H18ClN3OS. The van der Waals surface area contributed by atoms with Crippen molar-refractivity contribution in [2.45, 2.75) is 26.3 Å². The van der Waals surface area contributed by atoms with E-state index >= 15 is 0 Å². The van der Waals surface area contributed by atoms with Crippen LogP contribution in [0.15, 0.2) is 24.3 Å². The molecule has 1 atom stereocenters. The molecule has 0 aliphatic rings. The number of benzene rings is 1. The molecule has 0 radical (unpaired) electrons. The number of thiazole rings is 1. The molecule has 0 bridgehead atoms. The Bertz CT molecular complexity index is 537. The van der Waals surface area contributed by atoms with E-state index in [1.54, 1.807) is 23.5 Å². The van der Waals surface area contributed by atoms with Crippen molar-refractivity contribution in [2.75, 3.05) is 6.61 Å². The predicted octanol–water partition coefficient (Wildman–Crippen LogP) is 2.87. The van der Waals surface area contributed by atoms with E-state index in [1.165, 1.54) is 4.88 Å². The number of hydrazine groups is 1. The predicted molar refractivity (Wildman–Crippen MR) is 83.4 cm³/mol. The third kappa shape index (κ3) is 4.18. The van der Waals surface area contributed by atoms with Crippen molar-refractivity contribution in [1.82, 2.24) is 10.4 Å². The van der Waals surface area contributed by atoms with Crippen LogP contribution in [0.4, 0.5) is 0 Å². The highest BCUT2D eigenvalue weighted by atomic mass is 35.5. The summed E-state index contributed by atoms with van der Waals surface area (Å²) in [5.41, 5.74) is 3.86. The van der Waals surface area contributed by atoms with Gasteiger partial charge in [-0.2, -0.15) is 0 Å². The lowest BCUT2D eigenvalue weighted by molar-refractivity contribution is 0.264. The van der Waals surface area contributed by atoms with Gasteiger partial charge in [0.05, 0.1) is 16.7 Å². The van der Waals surface area contributed by atoms with Gasteiger partial charge in [-0.3, -0.25) is 11.3 Å². The zero-order valence-electron chi connectivity index (χ0n) is 11.5. The molecule has 0 amide bonds. The van der Waals surface area contributed by atoms with E-state index in [4.69, 9.17) is 22.2 Å². The number of halogens is 1. The summed E-state index contributed by atoms with van der Waals surface area (Å²) in [6, 6.07) is 7.31. The van der Waals surface area contributed by atoms with Crippen molar-refractivity contribution in [2.24, 2.45) is 5.84 Å². The second kappa shape index (κ2) is 7.04. The standard InChI is InChI=1S/C14H18ClN3OS/c1-9-10(2)20-14(17-9)7-12(18-16)8-19-13-5-3-11(15)4-6-13/h3-6,12,18H,7-8,16H2,1-2H3. The van der Waals surface area contributed by atoms with E-state index in [-0.39, 0.29) is 6.04 Å². The van der Waals surface area contributed by atoms with Gasteiger partial charge in [0.15, 0.2) is 0 Å². The van der Waals surface area contributed by atoms with Gasteiger partial charge in [0.2, 0.25) is 0 Å². The lowest BCUT2D eigenvalue weighted by Gasteiger charge is -2.15. The Hall–Kier alpha value is -1.14. The van der Waals surface area contributed by atoms with E-state index in [0.29, 0.717) is 11.6 Å². The monoisotopic (exact) mass is 311 g/mol. The average molecular weight is 312 g/mol. The quantitative estimate of drug-likeness (QED) is 0.636. The number of hydrogen-bond acceptors (Lipinski definition) is 5. The maximum atomic E-state index is 5.83. The average Bonchev–Trinajstić information content (AvgIpc) is 2.75. The molecule has 2 rings (SSSR count). The molecule has 4 nitrogen and oxygen atoms in total. The van der Waals surface area contributed by atoms with Gasteiger partial charge in [0.25, 0.3) is 0 Å². The SMILES string of the molecule is Cc1nc(CC(COc2ccc(Cl)cc2)NN)sc1C. The lowest BCUT2D eigenvalue weighted by Crippen LogP contribution is -2.41. The first-order valence-electron chi connectivity index (χ1n) is 6.36. The number of nitrogens with one attached hydrogen (secondary N) is 1. The Kier molecular flexibility index (Phi) is 5.37. The molecule has 1 heterocycles. The number of ether oxygens (including phenoxy) is 1. The Balaban J connectivity index is 1.90. The van der Waals surface area contributed by atoms with E-state index < -0.39 is 0 Å². The van der Waals surface area contributed by atoms with Gasteiger partial charge in [0.1, 0.15) is 12.4 Å². The molecule has 0 saturated carbocycles. The summed E-state index contributed by atoms with van der Waals surface area (Å²) in [4.78, 5) is 5.76. The number of hydrogen-bond donors (Lipinski definition) is 2. The fraction of sp³-hybridized carbons (Fsp3) is 0.357. The van der Waals surface area contributed by atoms with E-state index in [2.05, 4.69) is 17.3 Å². The molecule has 1 aromatic carbocycles. The van der Waals surface area contributed by atoms with Crippen molar-refractivity contribution < 1.29 is 4.74 Å². The van der Waals surface area contributed by atoms with Gasteiger partial charge >= 0.3 is 0 Å². The number of aromatic nitrogens is 1. The highest BCUT2D eigenvalue weighted by Gasteiger charge is 2.12. The highest BCUT2D eigenvalue weighted by Crippen LogP contribution is 2.19. The minimum absolute atomic E-state index is 0.0237. The molecule has 6 heteroatoms. The largest absolute Gasteiger partial charge is 0.492 e. The minimum Gasteiger partial charge on any atom is -0.492 e. The minimum atomic E-state index is 0.0237. The number of rotatable bonds is 6. The smallest absolute Gasteiger partial charge is 0.119 e. The van der Waals surface area contributed by atoms with Crippen LogP contribution in [-0.4, -0.2) is 17.6 Å². The summed E-state index contributed by atoms with van der Waals surface area (Å²) in [6.07, 6.45) is 0.753. The van der Waals surface area contributed by atoms with Gasteiger partial charge in [0, 0.05) is 16.3 Å². The lowest BCUT2D eigenvalue weighted by atomic mass is 10.2. The maximum Gasteiger partial charge on any atom is 0.119 e. The van der Waals surface area contributed by atoms with Crippen molar-refractivity contribution in [3.05, 3.63) is 44.9 Å². The van der Waals surface area contributed by atoms with Gasteiger partial charge < -0.3 is 4.74 Å². The van der Waals surface area contributed by atoms with Crippen LogP contribution >= 0.6 is 22.9 Å². The zero-order chi connectivity index (χ0) is 14.5. The van der Waals surface area contributed by atoms with Crippen molar-refractivity contribution >= 4 is 22.9 Å². The highest BCUT2D eigenvalue weighted by molar-refractivity contribution is 7.11. The van der Waals surface area contributed by atoms with Gasteiger partial charge in [-0.05, 0) is 38.1 Å². The van der Waals surface area contributed by atoms with Crippen LogP contribution in [0.1, 0.15) is 15.6 Å². The Morgan fingerprint density at radius 3 is 2.60 bits per heavy atom. The molecule has 1 unspecified atom stereocenters. The first-order valence-corrected chi connectivity index (χ1v) is 7.55. The molecule has 2 aromatic rings. The van der Waals surface area contributed by atoms with Crippen LogP contribution in [0.2, 0.25) is 5.02 Å². The zero-order valence-corrected chi connectivity index (χ0v) is 13.1. The molecular weight excluding hydrogens is 294 g/mol. The first kappa shape index (κ1) is 15.3. The molecule has 0 fully saturated rings. The van der Waals surface area contributed by atoms with Crippen molar-refractivity contribution in [3.63, 3.8) is 0 Å². The van der Waals surface area contributed by atoms with E-state index in [1.807, 2.05) is 19.1 Å². The summed E-state index contributed by atoms with van der Waals surface area (Å²) in [6.45, 7) is 4.58. The number of aryl methyl sites for hydroxylation is 2. The van der Waals surface area contributed by atoms with Gasteiger partial charge in [-0.25, -0.2) is 4.98 Å². The second-order valence-corrected chi connectivity index (χ2v) is 6.31. The van der Waals surface area contributed by atoms with Crippen LogP contribution in [0.25, 0.3) is 0 Å². The third-order valence-corrected chi connectivity index (χ3v) is 4.34. The fourth-order valence-corrected chi connectivity index (χ4v) is 2.87. The fourth-order valence-electron chi connectivity index (χ4n) is 1.73. The van der Waals surface area contributed by atoms with E-state index in [9.17, 15) is 0 Å². The van der Waals surface area contributed by atoms with Gasteiger partial charge in [-0.15, -0.1) is 11.3 Å². The molecule has 3 N–H and O–H groups in total.